The first kappa shape index (κ1) is 10.6. The molecule has 0 atom stereocenters. The van der Waals surface area contributed by atoms with Gasteiger partial charge in [0.15, 0.2) is 0 Å². The Morgan fingerprint density at radius 2 is 2.07 bits per heavy atom. The second-order valence-electron chi connectivity index (χ2n) is 2.59. The van der Waals surface area contributed by atoms with Gasteiger partial charge in [0, 0.05) is 6.07 Å². The van der Waals surface area contributed by atoms with Crippen molar-refractivity contribution >= 4 is 23.3 Å². The molecule has 0 saturated heterocycles. The van der Waals surface area contributed by atoms with Crippen molar-refractivity contribution in [3.05, 3.63) is 34.9 Å². The van der Waals surface area contributed by atoms with Gasteiger partial charge >= 0.3 is 0 Å². The van der Waals surface area contributed by atoms with E-state index < -0.39 is 17.5 Å². The van der Waals surface area contributed by atoms with Crippen molar-refractivity contribution in [1.82, 2.24) is 0 Å². The normalized spacial score (nSPS) is 9.36. The van der Waals surface area contributed by atoms with Crippen molar-refractivity contribution < 1.29 is 13.6 Å². The van der Waals surface area contributed by atoms with Gasteiger partial charge in [-0.15, -0.1) is 0 Å². The van der Waals surface area contributed by atoms with Crippen LogP contribution < -0.4 is 0 Å². The number of isothiocyanates is 1. The molecule has 0 aromatic heterocycles. The van der Waals surface area contributed by atoms with Crippen LogP contribution in [-0.2, 0) is 0 Å². The highest BCUT2D eigenvalue weighted by atomic mass is 32.1. The number of aliphatic imine (C=N–C) groups is 1. The van der Waals surface area contributed by atoms with Crippen LogP contribution in [0.2, 0.25) is 0 Å². The maximum absolute atomic E-state index is 13.0. The lowest BCUT2D eigenvalue weighted by Gasteiger charge is -2.00. The summed E-state index contributed by atoms with van der Waals surface area (Å²) in [6, 6.07) is 1.73. The van der Waals surface area contributed by atoms with Crippen LogP contribution in [0.1, 0.15) is 15.9 Å². The molecule has 0 heterocycles. The number of hydrogen-bond acceptors (Lipinski definition) is 2. The van der Waals surface area contributed by atoms with Crippen LogP contribution in [0.25, 0.3) is 0 Å². The number of benzene rings is 1. The quantitative estimate of drug-likeness (QED) is 0.530. The van der Waals surface area contributed by atoms with Crippen molar-refractivity contribution in [2.45, 2.75) is 6.92 Å². The standard InChI is InChI=1S/C9H5F2NOS/c1-5-2-6(9(13)12-4-14)8(11)3-7(5)10/h2-3H,1H3. The number of rotatable bonds is 1. The van der Waals surface area contributed by atoms with E-state index >= 15 is 0 Å². The summed E-state index contributed by atoms with van der Waals surface area (Å²) in [4.78, 5) is 14.2. The lowest BCUT2D eigenvalue weighted by molar-refractivity contribution is 0.1000. The van der Waals surface area contributed by atoms with Gasteiger partial charge in [0.1, 0.15) is 11.6 Å². The fourth-order valence-corrected chi connectivity index (χ4v) is 1.01. The van der Waals surface area contributed by atoms with E-state index in [1.54, 1.807) is 0 Å². The molecular weight excluding hydrogens is 208 g/mol. The summed E-state index contributed by atoms with van der Waals surface area (Å²) in [6.07, 6.45) is 0. The second-order valence-corrected chi connectivity index (χ2v) is 2.77. The molecule has 0 radical (unpaired) electrons. The molecule has 14 heavy (non-hydrogen) atoms. The minimum Gasteiger partial charge on any atom is -0.266 e. The maximum Gasteiger partial charge on any atom is 0.288 e. The third-order valence-corrected chi connectivity index (χ3v) is 1.72. The third-order valence-electron chi connectivity index (χ3n) is 1.63. The minimum absolute atomic E-state index is 0.175. The first-order valence-corrected chi connectivity index (χ1v) is 4.05. The van der Waals surface area contributed by atoms with E-state index in [-0.39, 0.29) is 11.1 Å². The Labute approximate surface area is 84.3 Å². The SMILES string of the molecule is Cc1cc(C(=O)N=C=S)c(F)cc1F. The van der Waals surface area contributed by atoms with E-state index in [0.717, 1.165) is 6.07 Å². The monoisotopic (exact) mass is 213 g/mol. The molecule has 1 amide bonds. The number of aryl methyl sites for hydroxylation is 1. The molecule has 1 aromatic carbocycles. The Kier molecular flexibility index (Phi) is 3.17. The van der Waals surface area contributed by atoms with Crippen LogP contribution in [0.15, 0.2) is 17.1 Å². The lowest BCUT2D eigenvalue weighted by Crippen LogP contribution is -2.01. The van der Waals surface area contributed by atoms with Crippen LogP contribution in [-0.4, -0.2) is 11.1 Å². The van der Waals surface area contributed by atoms with Crippen molar-refractivity contribution in [1.29, 1.82) is 0 Å². The number of nitrogens with zero attached hydrogens (tertiary/aromatic N) is 1. The lowest BCUT2D eigenvalue weighted by atomic mass is 10.1. The highest BCUT2D eigenvalue weighted by Gasteiger charge is 2.13. The summed E-state index contributed by atoms with van der Waals surface area (Å²) in [5.74, 6) is -2.52. The molecule has 0 spiro atoms. The van der Waals surface area contributed by atoms with Crippen molar-refractivity contribution in [2.24, 2.45) is 4.99 Å². The number of thiocarbonyl (C=S) groups is 1. The Morgan fingerprint density at radius 3 is 2.64 bits per heavy atom. The third kappa shape index (κ3) is 2.07. The van der Waals surface area contributed by atoms with Crippen LogP contribution in [0.5, 0.6) is 0 Å². The Balaban J connectivity index is 3.29. The molecule has 0 aliphatic carbocycles. The zero-order chi connectivity index (χ0) is 10.7. The first-order valence-electron chi connectivity index (χ1n) is 3.64. The molecule has 2 nitrogen and oxygen atoms in total. The highest BCUT2D eigenvalue weighted by molar-refractivity contribution is 7.78. The number of halogens is 2. The summed E-state index contributed by atoms with van der Waals surface area (Å²) in [7, 11) is 0. The molecule has 72 valence electrons. The summed E-state index contributed by atoms with van der Waals surface area (Å²) < 4.78 is 25.8. The average Bonchev–Trinajstić information content (AvgIpc) is 2.11. The summed E-state index contributed by atoms with van der Waals surface area (Å²) in [6.45, 7) is 1.42. The average molecular weight is 213 g/mol. The largest absolute Gasteiger partial charge is 0.288 e. The van der Waals surface area contributed by atoms with Gasteiger partial charge < -0.3 is 0 Å². The molecule has 1 rings (SSSR count). The number of carbonyl (C=O) groups is 1. The molecule has 0 fully saturated rings. The number of carbonyl (C=O) groups excluding carboxylic acids is 1. The molecule has 0 unspecified atom stereocenters. The summed E-state index contributed by atoms with van der Waals surface area (Å²) >= 11 is 4.20. The van der Waals surface area contributed by atoms with Gasteiger partial charge in [-0.1, -0.05) is 0 Å². The summed E-state index contributed by atoms with van der Waals surface area (Å²) in [5.41, 5.74) is -0.129. The predicted molar refractivity (Wildman–Crippen MR) is 50.5 cm³/mol. The van der Waals surface area contributed by atoms with Crippen molar-refractivity contribution in [2.75, 3.05) is 0 Å². The van der Waals surface area contributed by atoms with Gasteiger partial charge in [0.25, 0.3) is 5.91 Å². The highest BCUT2D eigenvalue weighted by Crippen LogP contribution is 2.14. The van der Waals surface area contributed by atoms with Crippen molar-refractivity contribution in [3.8, 4) is 0 Å². The Hall–Kier alpha value is -1.45. The molecule has 5 heteroatoms. The van der Waals surface area contributed by atoms with Gasteiger partial charge in [-0.05, 0) is 30.8 Å². The van der Waals surface area contributed by atoms with Gasteiger partial charge in [-0.3, -0.25) is 4.79 Å². The van der Waals surface area contributed by atoms with Crippen LogP contribution in [0.4, 0.5) is 8.78 Å². The number of amides is 1. The van der Waals surface area contributed by atoms with E-state index in [1.165, 1.54) is 6.92 Å². The fourth-order valence-electron chi connectivity index (χ4n) is 0.923. The van der Waals surface area contributed by atoms with E-state index in [9.17, 15) is 13.6 Å². The molecule has 0 aliphatic heterocycles. The molecular formula is C9H5F2NOS. The molecule has 0 N–H and O–H groups in total. The molecule has 0 saturated carbocycles. The maximum atomic E-state index is 13.0. The van der Waals surface area contributed by atoms with Gasteiger partial charge in [-0.2, -0.15) is 4.99 Å². The number of hydrogen-bond donors (Lipinski definition) is 0. The van der Waals surface area contributed by atoms with E-state index in [1.807, 2.05) is 5.16 Å². The molecule has 1 aromatic rings. The smallest absolute Gasteiger partial charge is 0.266 e. The zero-order valence-electron chi connectivity index (χ0n) is 7.17. The van der Waals surface area contributed by atoms with E-state index in [4.69, 9.17) is 0 Å². The van der Waals surface area contributed by atoms with Crippen LogP contribution >= 0.6 is 12.2 Å². The Morgan fingerprint density at radius 1 is 1.43 bits per heavy atom. The Bertz CT molecular complexity index is 439. The molecule has 0 bridgehead atoms. The molecule has 0 aliphatic rings. The van der Waals surface area contributed by atoms with E-state index in [0.29, 0.717) is 6.07 Å². The summed E-state index contributed by atoms with van der Waals surface area (Å²) in [5, 5.41) is 1.83. The van der Waals surface area contributed by atoms with Crippen molar-refractivity contribution in [3.63, 3.8) is 0 Å². The van der Waals surface area contributed by atoms with Gasteiger partial charge in [0.2, 0.25) is 0 Å². The van der Waals surface area contributed by atoms with Crippen LogP contribution in [0.3, 0.4) is 0 Å². The zero-order valence-corrected chi connectivity index (χ0v) is 7.99. The topological polar surface area (TPSA) is 29.4 Å². The fraction of sp³-hybridized carbons (Fsp3) is 0.111. The van der Waals surface area contributed by atoms with Gasteiger partial charge in [-0.25, -0.2) is 8.78 Å². The predicted octanol–water partition coefficient (Wildman–Crippen LogP) is 2.52. The van der Waals surface area contributed by atoms with E-state index in [2.05, 4.69) is 17.2 Å². The minimum atomic E-state index is -0.952. The second kappa shape index (κ2) is 4.17. The van der Waals surface area contributed by atoms with Gasteiger partial charge in [0.05, 0.1) is 10.7 Å². The first-order chi connectivity index (χ1) is 6.56. The van der Waals surface area contributed by atoms with Crippen LogP contribution in [0, 0.1) is 18.6 Å².